The Kier molecular flexibility index (Phi) is 5.80. The minimum atomic E-state index is 0.137. The summed E-state index contributed by atoms with van der Waals surface area (Å²) in [7, 11) is 0. The Balaban J connectivity index is 2.58. The van der Waals surface area contributed by atoms with Crippen LogP contribution in [0.2, 0.25) is 0 Å². The Morgan fingerprint density at radius 2 is 1.88 bits per heavy atom. The molecule has 0 heterocycles. The van der Waals surface area contributed by atoms with Crippen molar-refractivity contribution in [2.24, 2.45) is 0 Å². The first kappa shape index (κ1) is 13.2. The Bertz CT molecular complexity index is 370. The lowest BCUT2D eigenvalue weighted by atomic mass is 10.1. The molecule has 0 spiro atoms. The molecule has 0 saturated heterocycles. The van der Waals surface area contributed by atoms with Crippen LogP contribution >= 0.6 is 0 Å². The van der Waals surface area contributed by atoms with Gasteiger partial charge in [0.05, 0.1) is 6.42 Å². The molecule has 1 rings (SSSR count). The number of carbonyl (C=O) groups excluding carboxylic acids is 1. The fraction of sp³-hybridized carbons (Fsp3) is 0.267. The molecule has 0 atom stereocenters. The van der Waals surface area contributed by atoms with Gasteiger partial charge >= 0.3 is 0 Å². The second-order valence-electron chi connectivity index (χ2n) is 3.87. The summed E-state index contributed by atoms with van der Waals surface area (Å²) in [5, 5.41) is 0. The quantitative estimate of drug-likeness (QED) is 0.658. The zero-order valence-corrected chi connectivity index (χ0v) is 10.1. The monoisotopic (exact) mass is 229 g/mol. The molecule has 0 radical (unpaired) electrons. The van der Waals surface area contributed by atoms with Gasteiger partial charge in [0.1, 0.15) is 0 Å². The van der Waals surface area contributed by atoms with Crippen molar-refractivity contribution >= 4 is 5.91 Å². The Morgan fingerprint density at radius 1 is 1.18 bits per heavy atom. The molecule has 0 bridgehead atoms. The molecule has 1 aromatic carbocycles. The van der Waals surface area contributed by atoms with Crippen molar-refractivity contribution < 1.29 is 4.79 Å². The summed E-state index contributed by atoms with van der Waals surface area (Å²) >= 11 is 0. The van der Waals surface area contributed by atoms with E-state index in [4.69, 9.17) is 0 Å². The molecule has 0 aliphatic rings. The molecule has 1 amide bonds. The van der Waals surface area contributed by atoms with Gasteiger partial charge in [-0.2, -0.15) is 0 Å². The fourth-order valence-electron chi connectivity index (χ4n) is 1.60. The van der Waals surface area contributed by atoms with Crippen molar-refractivity contribution in [1.29, 1.82) is 0 Å². The van der Waals surface area contributed by atoms with Gasteiger partial charge in [0.25, 0.3) is 0 Å². The van der Waals surface area contributed by atoms with Gasteiger partial charge in [-0.05, 0) is 12.0 Å². The number of hydrogen-bond donors (Lipinski definition) is 0. The second kappa shape index (κ2) is 7.44. The molecule has 0 fully saturated rings. The highest BCUT2D eigenvalue weighted by Crippen LogP contribution is 2.04. The van der Waals surface area contributed by atoms with Crippen molar-refractivity contribution in [1.82, 2.24) is 4.90 Å². The van der Waals surface area contributed by atoms with Crippen LogP contribution in [0.3, 0.4) is 0 Å². The summed E-state index contributed by atoms with van der Waals surface area (Å²) in [6.45, 7) is 8.66. The predicted molar refractivity (Wildman–Crippen MR) is 71.7 cm³/mol. The molecule has 90 valence electrons. The van der Waals surface area contributed by atoms with Crippen LogP contribution < -0.4 is 0 Å². The lowest BCUT2D eigenvalue weighted by molar-refractivity contribution is -0.129. The maximum atomic E-state index is 12.1. The van der Waals surface area contributed by atoms with E-state index in [0.717, 1.165) is 12.0 Å². The molecular weight excluding hydrogens is 210 g/mol. The fourth-order valence-corrected chi connectivity index (χ4v) is 1.60. The van der Waals surface area contributed by atoms with E-state index in [1.807, 2.05) is 41.3 Å². The van der Waals surface area contributed by atoms with Gasteiger partial charge in [-0.25, -0.2) is 0 Å². The number of hydrogen-bond acceptors (Lipinski definition) is 1. The molecule has 17 heavy (non-hydrogen) atoms. The molecule has 2 nitrogen and oxygen atoms in total. The maximum Gasteiger partial charge on any atom is 0.227 e. The van der Waals surface area contributed by atoms with Crippen molar-refractivity contribution in [3.63, 3.8) is 0 Å². The van der Waals surface area contributed by atoms with Gasteiger partial charge in [-0.3, -0.25) is 4.79 Å². The van der Waals surface area contributed by atoms with Crippen molar-refractivity contribution in [2.75, 3.05) is 13.1 Å². The van der Waals surface area contributed by atoms with Gasteiger partial charge < -0.3 is 4.90 Å². The summed E-state index contributed by atoms with van der Waals surface area (Å²) in [5.74, 6) is 0.137. The molecule has 2 heteroatoms. The third-order valence-electron chi connectivity index (χ3n) is 2.50. The predicted octanol–water partition coefficient (Wildman–Crippen LogP) is 2.82. The third kappa shape index (κ3) is 4.68. The molecule has 0 aliphatic carbocycles. The lowest BCUT2D eigenvalue weighted by Gasteiger charge is -2.20. The molecule has 0 aliphatic heterocycles. The summed E-state index contributed by atoms with van der Waals surface area (Å²) in [6, 6.07) is 9.79. The summed E-state index contributed by atoms with van der Waals surface area (Å²) < 4.78 is 0. The van der Waals surface area contributed by atoms with Crippen LogP contribution in [0.5, 0.6) is 0 Å². The zero-order chi connectivity index (χ0) is 12.5. The van der Waals surface area contributed by atoms with Crippen LogP contribution in [0.25, 0.3) is 0 Å². The minimum Gasteiger partial charge on any atom is -0.338 e. The van der Waals surface area contributed by atoms with Crippen molar-refractivity contribution in [3.8, 4) is 0 Å². The zero-order valence-electron chi connectivity index (χ0n) is 10.1. The van der Waals surface area contributed by atoms with E-state index in [1.54, 1.807) is 6.08 Å². The van der Waals surface area contributed by atoms with Gasteiger partial charge in [0.2, 0.25) is 5.91 Å². The van der Waals surface area contributed by atoms with E-state index >= 15 is 0 Å². The van der Waals surface area contributed by atoms with Gasteiger partial charge in [0.15, 0.2) is 0 Å². The van der Waals surface area contributed by atoms with Gasteiger partial charge in [-0.15, -0.1) is 13.2 Å². The molecule has 0 aromatic heterocycles. The van der Waals surface area contributed by atoms with Crippen LogP contribution in [0.4, 0.5) is 0 Å². The van der Waals surface area contributed by atoms with Gasteiger partial charge in [-0.1, -0.05) is 42.5 Å². The number of benzene rings is 1. The van der Waals surface area contributed by atoms with E-state index in [1.165, 1.54) is 0 Å². The highest BCUT2D eigenvalue weighted by molar-refractivity contribution is 5.78. The number of rotatable bonds is 7. The first-order valence-electron chi connectivity index (χ1n) is 5.81. The molecule has 0 unspecified atom stereocenters. The Hall–Kier alpha value is -1.83. The molecular formula is C15H19NO. The van der Waals surface area contributed by atoms with Crippen LogP contribution in [0.1, 0.15) is 12.0 Å². The van der Waals surface area contributed by atoms with E-state index in [0.29, 0.717) is 19.5 Å². The number of amides is 1. The summed E-state index contributed by atoms with van der Waals surface area (Å²) in [4.78, 5) is 13.9. The summed E-state index contributed by atoms with van der Waals surface area (Å²) in [5.41, 5.74) is 1.05. The standard InChI is InChI=1S/C15H19NO/c1-3-5-12-16(11-4-2)15(17)13-14-9-7-6-8-10-14/h3-4,6-10H,1-2,5,11-13H2. The number of carbonyl (C=O) groups is 1. The third-order valence-corrected chi connectivity index (χ3v) is 2.50. The SMILES string of the molecule is C=CCCN(CC=C)C(=O)Cc1ccccc1. The highest BCUT2D eigenvalue weighted by Gasteiger charge is 2.11. The molecule has 1 aromatic rings. The Labute approximate surface area is 103 Å². The van der Waals surface area contributed by atoms with Crippen LogP contribution in [0, 0.1) is 0 Å². The first-order valence-corrected chi connectivity index (χ1v) is 5.81. The second-order valence-corrected chi connectivity index (χ2v) is 3.87. The average molecular weight is 229 g/mol. The van der Waals surface area contributed by atoms with Gasteiger partial charge in [0, 0.05) is 13.1 Å². The molecule has 0 N–H and O–H groups in total. The maximum absolute atomic E-state index is 12.1. The normalized spacial score (nSPS) is 9.65. The van der Waals surface area contributed by atoms with Crippen LogP contribution in [-0.2, 0) is 11.2 Å². The Morgan fingerprint density at radius 3 is 2.47 bits per heavy atom. The van der Waals surface area contributed by atoms with Crippen LogP contribution in [0.15, 0.2) is 55.6 Å². The highest BCUT2D eigenvalue weighted by atomic mass is 16.2. The van der Waals surface area contributed by atoms with E-state index in [2.05, 4.69) is 13.2 Å². The average Bonchev–Trinajstić information content (AvgIpc) is 2.35. The first-order chi connectivity index (χ1) is 8.27. The van der Waals surface area contributed by atoms with Crippen molar-refractivity contribution in [3.05, 3.63) is 61.2 Å². The largest absolute Gasteiger partial charge is 0.338 e. The van der Waals surface area contributed by atoms with E-state index in [-0.39, 0.29) is 5.91 Å². The lowest BCUT2D eigenvalue weighted by Crippen LogP contribution is -2.33. The summed E-state index contributed by atoms with van der Waals surface area (Å²) in [6.07, 6.45) is 4.85. The number of nitrogens with zero attached hydrogens (tertiary/aromatic N) is 1. The molecule has 0 saturated carbocycles. The van der Waals surface area contributed by atoms with Crippen molar-refractivity contribution in [2.45, 2.75) is 12.8 Å². The smallest absolute Gasteiger partial charge is 0.227 e. The minimum absolute atomic E-state index is 0.137. The van der Waals surface area contributed by atoms with E-state index < -0.39 is 0 Å². The van der Waals surface area contributed by atoms with Crippen LogP contribution in [-0.4, -0.2) is 23.9 Å². The topological polar surface area (TPSA) is 20.3 Å². The van der Waals surface area contributed by atoms with E-state index in [9.17, 15) is 4.79 Å².